The van der Waals surface area contributed by atoms with E-state index in [2.05, 4.69) is 24.1 Å². The zero-order chi connectivity index (χ0) is 31.0. The van der Waals surface area contributed by atoms with Gasteiger partial charge < -0.3 is 10.4 Å². The minimum absolute atomic E-state index is 0.0127. The molecule has 1 amide bonds. The lowest BCUT2D eigenvalue weighted by atomic mass is 9.51. The van der Waals surface area contributed by atoms with Crippen LogP contribution in [-0.4, -0.2) is 46.9 Å². The molecule has 8 heteroatoms. The third-order valence-corrected chi connectivity index (χ3v) is 12.9. The third-order valence-electron chi connectivity index (χ3n) is 12.3. The second-order valence-corrected chi connectivity index (χ2v) is 16.1. The van der Waals surface area contributed by atoms with Gasteiger partial charge in [0.25, 0.3) is 0 Å². The number of ketones is 1. The lowest BCUT2D eigenvalue weighted by molar-refractivity contribution is -0.127. The molecule has 7 rings (SSSR count). The number of β-amino-alcohol motifs (C(OH)–C–C–N with tert-alkyl or cyclic N) is 1. The number of nitrogens with zero attached hydrogens (tertiary/aromatic N) is 1. The molecule has 4 fully saturated rings. The van der Waals surface area contributed by atoms with Crippen molar-refractivity contribution < 1.29 is 19.1 Å². The second-order valence-electron chi connectivity index (χ2n) is 15.3. The maximum Gasteiger partial charge on any atom is 0.236 e. The van der Waals surface area contributed by atoms with Crippen molar-refractivity contribution in [1.29, 1.82) is 0 Å². The Kier molecular flexibility index (Phi) is 7.71. The van der Waals surface area contributed by atoms with Gasteiger partial charge in [-0.2, -0.15) is 0 Å². The summed E-state index contributed by atoms with van der Waals surface area (Å²) in [5.74, 6) is -1.43. The van der Waals surface area contributed by atoms with E-state index in [0.29, 0.717) is 35.2 Å². The van der Waals surface area contributed by atoms with Crippen LogP contribution in [0.4, 0.5) is 10.1 Å². The zero-order valence-corrected chi connectivity index (χ0v) is 27.2. The summed E-state index contributed by atoms with van der Waals surface area (Å²) in [7, 11) is 0. The molecule has 2 aromatic carbocycles. The first-order chi connectivity index (χ1) is 20.9. The number of likely N-dealkylation sites (tertiary alicyclic amines) is 1. The van der Waals surface area contributed by atoms with Crippen molar-refractivity contribution in [2.24, 2.45) is 22.7 Å². The Morgan fingerprint density at radius 1 is 1.05 bits per heavy atom. The molecule has 0 bridgehead atoms. The highest BCUT2D eigenvalue weighted by molar-refractivity contribution is 6.31. The first-order valence-corrected chi connectivity index (χ1v) is 17.2. The van der Waals surface area contributed by atoms with E-state index in [-0.39, 0.29) is 34.1 Å². The largest absolute Gasteiger partial charge is 0.390 e. The van der Waals surface area contributed by atoms with Crippen LogP contribution in [0, 0.1) is 28.5 Å². The molecule has 3 atom stereocenters. The predicted octanol–water partition coefficient (Wildman–Crippen LogP) is 7.91. The summed E-state index contributed by atoms with van der Waals surface area (Å²) in [5.41, 5.74) is 0.405. The van der Waals surface area contributed by atoms with E-state index in [1.165, 1.54) is 6.07 Å². The summed E-state index contributed by atoms with van der Waals surface area (Å²) in [5, 5.41) is 13.4. The highest BCUT2D eigenvalue weighted by atomic mass is 35.5. The molecule has 2 spiro atoms. The number of benzene rings is 2. The van der Waals surface area contributed by atoms with Crippen LogP contribution < -0.4 is 5.32 Å². The molecule has 0 radical (unpaired) electrons. The lowest BCUT2D eigenvalue weighted by Gasteiger charge is -2.51. The van der Waals surface area contributed by atoms with Crippen LogP contribution in [0.5, 0.6) is 0 Å². The minimum atomic E-state index is -1.11. The molecule has 0 unspecified atom stereocenters. The van der Waals surface area contributed by atoms with Crippen molar-refractivity contribution in [3.05, 3.63) is 63.4 Å². The van der Waals surface area contributed by atoms with Crippen LogP contribution in [0.25, 0.3) is 0 Å². The number of fused-ring (bicyclic) bond motifs is 3. The van der Waals surface area contributed by atoms with Crippen molar-refractivity contribution in [3.63, 3.8) is 0 Å². The van der Waals surface area contributed by atoms with Crippen LogP contribution >= 0.6 is 23.2 Å². The average Bonchev–Trinajstić information content (AvgIpc) is 3.43. The molecule has 236 valence electrons. The number of aliphatic hydroxyl groups excluding tert-OH is 1. The smallest absolute Gasteiger partial charge is 0.236 e. The highest BCUT2D eigenvalue weighted by Gasteiger charge is 2.72. The maximum atomic E-state index is 16.2. The number of anilines is 1. The van der Waals surface area contributed by atoms with Gasteiger partial charge in [0.1, 0.15) is 11.6 Å². The Balaban J connectivity index is 1.29. The molecule has 44 heavy (non-hydrogen) atoms. The van der Waals surface area contributed by atoms with Crippen molar-refractivity contribution in [3.8, 4) is 0 Å². The Bertz CT molecular complexity index is 1470. The minimum Gasteiger partial charge on any atom is -0.390 e. The van der Waals surface area contributed by atoms with Gasteiger partial charge in [0.2, 0.25) is 5.91 Å². The van der Waals surface area contributed by atoms with Gasteiger partial charge in [0, 0.05) is 48.1 Å². The van der Waals surface area contributed by atoms with E-state index < -0.39 is 28.5 Å². The first-order valence-electron chi connectivity index (χ1n) is 16.4. The van der Waals surface area contributed by atoms with Crippen LogP contribution in [0.1, 0.15) is 95.1 Å². The number of hydrogen-bond acceptors (Lipinski definition) is 4. The molecular formula is C36H43Cl2FN2O3. The third kappa shape index (κ3) is 4.77. The Morgan fingerprint density at radius 2 is 1.75 bits per heavy atom. The van der Waals surface area contributed by atoms with Crippen LogP contribution in [0.15, 0.2) is 36.4 Å². The van der Waals surface area contributed by atoms with E-state index in [1.54, 1.807) is 18.2 Å². The molecule has 0 aromatic heterocycles. The topological polar surface area (TPSA) is 69.6 Å². The molecule has 2 aliphatic heterocycles. The number of halogens is 3. The highest BCUT2D eigenvalue weighted by Crippen LogP contribution is 2.72. The van der Waals surface area contributed by atoms with Gasteiger partial charge >= 0.3 is 0 Å². The Hall–Kier alpha value is -1.99. The van der Waals surface area contributed by atoms with Gasteiger partial charge in [0.05, 0.1) is 16.5 Å². The number of Topliss-reactive ketones (excluding diaryl/α,β-unsaturated/α-hetero) is 1. The van der Waals surface area contributed by atoms with Crippen LogP contribution in [0.3, 0.4) is 0 Å². The number of carbonyl (C=O) groups excluding carboxylic acids is 2. The van der Waals surface area contributed by atoms with Crippen molar-refractivity contribution in [2.75, 3.05) is 18.4 Å². The molecule has 3 saturated carbocycles. The van der Waals surface area contributed by atoms with Gasteiger partial charge in [-0.25, -0.2) is 4.39 Å². The number of rotatable bonds is 5. The standard InChI is InChI=1S/C36H43Cl2FN2O3/c1-34(2)12-14-35(15-13-34)18-26(30(43)16-21-6-9-23(10-7-21)41-19-24(42)20-41)31(25-4-3-5-28(38)32(25)39)36(35)27-11-8-22(37)17-29(27)40-33(36)44/h3-5,8,11,17,21,23-24,26,31,42H,6-7,9-10,12-16,18-20H2,1-2H3,(H,40,44)/t21?,23?,26-,31-,36+/m0/s1. The summed E-state index contributed by atoms with van der Waals surface area (Å²) in [4.78, 5) is 31.6. The molecular weight excluding hydrogens is 598 g/mol. The van der Waals surface area contributed by atoms with Crippen LogP contribution in [-0.2, 0) is 15.0 Å². The lowest BCUT2D eigenvalue weighted by Crippen LogP contribution is -2.56. The molecule has 1 saturated heterocycles. The van der Waals surface area contributed by atoms with E-state index >= 15 is 4.39 Å². The van der Waals surface area contributed by atoms with Gasteiger partial charge in [-0.15, -0.1) is 0 Å². The number of hydrogen-bond donors (Lipinski definition) is 2. The molecule has 2 N–H and O–H groups in total. The summed E-state index contributed by atoms with van der Waals surface area (Å²) >= 11 is 12.8. The predicted molar refractivity (Wildman–Crippen MR) is 172 cm³/mol. The maximum absolute atomic E-state index is 16.2. The monoisotopic (exact) mass is 640 g/mol. The molecule has 2 heterocycles. The fourth-order valence-electron chi connectivity index (χ4n) is 9.92. The zero-order valence-electron chi connectivity index (χ0n) is 25.7. The quantitative estimate of drug-likeness (QED) is 0.348. The number of nitrogens with one attached hydrogen (secondary N) is 1. The molecule has 5 nitrogen and oxygen atoms in total. The summed E-state index contributed by atoms with van der Waals surface area (Å²) in [6.07, 6.45) is 8.27. The first kappa shape index (κ1) is 30.7. The number of aliphatic hydroxyl groups is 1. The van der Waals surface area contributed by atoms with Gasteiger partial charge in [-0.1, -0.05) is 55.2 Å². The van der Waals surface area contributed by atoms with E-state index in [1.807, 2.05) is 12.1 Å². The average molecular weight is 642 g/mol. The number of amides is 1. The van der Waals surface area contributed by atoms with Crippen molar-refractivity contribution in [2.45, 2.75) is 102 Å². The Labute approximate surface area is 269 Å². The van der Waals surface area contributed by atoms with Crippen molar-refractivity contribution >= 4 is 40.6 Å². The van der Waals surface area contributed by atoms with Crippen molar-refractivity contribution in [1.82, 2.24) is 4.90 Å². The molecule has 3 aliphatic carbocycles. The molecule has 5 aliphatic rings. The summed E-state index contributed by atoms with van der Waals surface area (Å²) < 4.78 is 16.2. The van der Waals surface area contributed by atoms with Gasteiger partial charge in [0.15, 0.2) is 0 Å². The van der Waals surface area contributed by atoms with Gasteiger partial charge in [-0.05, 0) is 104 Å². The Morgan fingerprint density at radius 3 is 2.43 bits per heavy atom. The normalized spacial score (nSPS) is 32.9. The SMILES string of the molecule is CC1(C)CCC2(CC1)C[C@@H](C(=O)CC1CCC(N3CC(O)C3)CC1)[C@H](c1cccc(Cl)c1F)[C@]21C(=O)Nc2cc(Cl)ccc21. The fraction of sp³-hybridized carbons (Fsp3) is 0.611. The van der Waals surface area contributed by atoms with E-state index in [0.717, 1.165) is 70.0 Å². The second kappa shape index (κ2) is 11.1. The van der Waals surface area contributed by atoms with Crippen LogP contribution in [0.2, 0.25) is 10.0 Å². The number of carbonyl (C=O) groups is 2. The van der Waals surface area contributed by atoms with E-state index in [4.69, 9.17) is 23.2 Å². The van der Waals surface area contributed by atoms with Gasteiger partial charge in [-0.3, -0.25) is 14.5 Å². The van der Waals surface area contributed by atoms with E-state index in [9.17, 15) is 14.7 Å². The molecule has 2 aromatic rings. The summed E-state index contributed by atoms with van der Waals surface area (Å²) in [6.45, 7) is 6.05. The fourth-order valence-corrected chi connectivity index (χ4v) is 10.3. The summed E-state index contributed by atoms with van der Waals surface area (Å²) in [6, 6.07) is 11.1.